The summed E-state index contributed by atoms with van der Waals surface area (Å²) >= 11 is 2.20. The zero-order chi connectivity index (χ0) is 11.8. The Labute approximate surface area is 112 Å². The summed E-state index contributed by atoms with van der Waals surface area (Å²) in [4.78, 5) is 11.9. The normalized spacial score (nSPS) is 38.7. The third kappa shape index (κ3) is 2.12. The third-order valence-corrected chi connectivity index (χ3v) is 5.83. The largest absolute Gasteiger partial charge is 0.458 e. The van der Waals surface area contributed by atoms with E-state index in [9.17, 15) is 4.79 Å². The molecule has 0 N–H and O–H groups in total. The van der Waals surface area contributed by atoms with Gasteiger partial charge in [-0.05, 0) is 50.4 Å². The van der Waals surface area contributed by atoms with Crippen LogP contribution >= 0.6 is 22.6 Å². The van der Waals surface area contributed by atoms with E-state index in [2.05, 4.69) is 29.5 Å². The highest BCUT2D eigenvalue weighted by Crippen LogP contribution is 2.54. The van der Waals surface area contributed by atoms with Crippen molar-refractivity contribution in [3.05, 3.63) is 0 Å². The molecule has 0 aromatic rings. The number of rotatable bonds is 4. The summed E-state index contributed by atoms with van der Waals surface area (Å²) in [6.45, 7) is 4.21. The monoisotopic (exact) mass is 336 g/mol. The summed E-state index contributed by atoms with van der Waals surface area (Å²) < 4.78 is 5.92. The molecule has 0 saturated heterocycles. The van der Waals surface area contributed by atoms with Gasteiger partial charge < -0.3 is 4.74 Å². The summed E-state index contributed by atoms with van der Waals surface area (Å²) in [6, 6.07) is 0. The Morgan fingerprint density at radius 3 is 2.69 bits per heavy atom. The first-order valence-corrected chi connectivity index (χ1v) is 7.72. The molecule has 2 aliphatic rings. The van der Waals surface area contributed by atoms with Gasteiger partial charge in [0.2, 0.25) is 0 Å². The number of alkyl halides is 1. The Morgan fingerprint density at radius 1 is 1.50 bits per heavy atom. The summed E-state index contributed by atoms with van der Waals surface area (Å²) in [5.41, 5.74) is -0.0986. The highest BCUT2D eigenvalue weighted by atomic mass is 127. The molecule has 3 heteroatoms. The number of hydrogen-bond donors (Lipinski definition) is 0. The van der Waals surface area contributed by atoms with Crippen molar-refractivity contribution in [3.8, 4) is 0 Å². The molecule has 2 nitrogen and oxygen atoms in total. The molecule has 0 aliphatic heterocycles. The highest BCUT2D eigenvalue weighted by molar-refractivity contribution is 14.1. The molecule has 0 amide bonds. The van der Waals surface area contributed by atoms with Gasteiger partial charge in [0.25, 0.3) is 0 Å². The van der Waals surface area contributed by atoms with Crippen LogP contribution in [0.1, 0.15) is 52.4 Å². The molecule has 0 aromatic heterocycles. The van der Waals surface area contributed by atoms with Crippen molar-refractivity contribution < 1.29 is 9.53 Å². The lowest BCUT2D eigenvalue weighted by Gasteiger charge is -2.37. The molecule has 92 valence electrons. The molecular weight excluding hydrogens is 315 g/mol. The fourth-order valence-electron chi connectivity index (χ4n) is 3.45. The maximum Gasteiger partial charge on any atom is 0.319 e. The molecular formula is C13H21IO2. The Balaban J connectivity index is 2.03. The predicted molar refractivity (Wildman–Crippen MR) is 72.7 cm³/mol. The van der Waals surface area contributed by atoms with E-state index in [4.69, 9.17) is 4.74 Å². The topological polar surface area (TPSA) is 26.3 Å². The fourth-order valence-corrected chi connectivity index (χ4v) is 3.58. The van der Waals surface area contributed by atoms with Crippen LogP contribution in [0.15, 0.2) is 0 Å². The molecule has 2 rings (SSSR count). The van der Waals surface area contributed by atoms with E-state index in [1.807, 2.05) is 6.92 Å². The van der Waals surface area contributed by atoms with Crippen LogP contribution < -0.4 is 0 Å². The van der Waals surface area contributed by atoms with Crippen molar-refractivity contribution in [2.24, 2.45) is 11.8 Å². The first-order valence-electron chi connectivity index (χ1n) is 6.48. The predicted octanol–water partition coefficient (Wildman–Crippen LogP) is 3.71. The summed E-state index contributed by atoms with van der Waals surface area (Å²) in [5.74, 6) is 1.48. The minimum Gasteiger partial charge on any atom is -0.458 e. The van der Waals surface area contributed by atoms with Crippen molar-refractivity contribution in [3.63, 3.8) is 0 Å². The maximum absolute atomic E-state index is 11.9. The molecule has 16 heavy (non-hydrogen) atoms. The van der Waals surface area contributed by atoms with E-state index < -0.39 is 0 Å². The number of esters is 1. The minimum atomic E-state index is -0.0986. The van der Waals surface area contributed by atoms with E-state index in [0.717, 1.165) is 25.2 Å². The SMILES string of the molecule is CCC(I)C(=O)OC1(CC)CC2CCC1C2. The maximum atomic E-state index is 11.9. The Hall–Kier alpha value is 0.200. The zero-order valence-electron chi connectivity index (χ0n) is 10.2. The van der Waals surface area contributed by atoms with E-state index in [1.165, 1.54) is 19.3 Å². The second-order valence-electron chi connectivity index (χ2n) is 5.30. The lowest BCUT2D eigenvalue weighted by molar-refractivity contribution is -0.165. The van der Waals surface area contributed by atoms with Gasteiger partial charge in [-0.25, -0.2) is 0 Å². The van der Waals surface area contributed by atoms with E-state index in [1.54, 1.807) is 0 Å². The second-order valence-corrected chi connectivity index (χ2v) is 6.80. The van der Waals surface area contributed by atoms with Gasteiger partial charge in [0.15, 0.2) is 0 Å². The first kappa shape index (κ1) is 12.7. The molecule has 2 bridgehead atoms. The van der Waals surface area contributed by atoms with Gasteiger partial charge in [-0.1, -0.05) is 36.4 Å². The summed E-state index contributed by atoms with van der Waals surface area (Å²) in [6.07, 6.45) is 6.89. The summed E-state index contributed by atoms with van der Waals surface area (Å²) in [7, 11) is 0. The highest BCUT2D eigenvalue weighted by Gasteiger charge is 2.52. The third-order valence-electron chi connectivity index (χ3n) is 4.44. The smallest absolute Gasteiger partial charge is 0.319 e. The van der Waals surface area contributed by atoms with E-state index in [0.29, 0.717) is 5.92 Å². The lowest BCUT2D eigenvalue weighted by Crippen LogP contribution is -2.41. The molecule has 2 aliphatic carbocycles. The average Bonchev–Trinajstić information content (AvgIpc) is 2.88. The molecule has 2 saturated carbocycles. The van der Waals surface area contributed by atoms with Crippen LogP contribution in [0.4, 0.5) is 0 Å². The quantitative estimate of drug-likeness (QED) is 0.444. The molecule has 0 aromatic carbocycles. The average molecular weight is 336 g/mol. The van der Waals surface area contributed by atoms with Crippen molar-refractivity contribution in [2.45, 2.75) is 61.9 Å². The van der Waals surface area contributed by atoms with Gasteiger partial charge >= 0.3 is 5.97 Å². The number of carbonyl (C=O) groups is 1. The second kappa shape index (κ2) is 4.83. The molecule has 2 fully saturated rings. The molecule has 0 spiro atoms. The number of ether oxygens (including phenoxy) is 1. The standard InChI is InChI=1S/C13H21IO2/c1-3-11(14)12(15)16-13(4-2)8-9-5-6-10(13)7-9/h9-11H,3-8H2,1-2H3. The number of hydrogen-bond acceptors (Lipinski definition) is 2. The van der Waals surface area contributed by atoms with Crippen molar-refractivity contribution >= 4 is 28.6 Å². The lowest BCUT2D eigenvalue weighted by atomic mass is 9.82. The van der Waals surface area contributed by atoms with E-state index >= 15 is 0 Å². The van der Waals surface area contributed by atoms with Crippen LogP contribution in [0.5, 0.6) is 0 Å². The molecule has 4 unspecified atom stereocenters. The fraction of sp³-hybridized carbons (Fsp3) is 0.923. The molecule has 0 radical (unpaired) electrons. The Morgan fingerprint density at radius 2 is 2.25 bits per heavy atom. The van der Waals surface area contributed by atoms with Crippen LogP contribution in [0.3, 0.4) is 0 Å². The zero-order valence-corrected chi connectivity index (χ0v) is 12.3. The minimum absolute atomic E-state index is 0.0116. The van der Waals surface area contributed by atoms with Gasteiger partial charge in [-0.15, -0.1) is 0 Å². The van der Waals surface area contributed by atoms with Crippen LogP contribution in [0.25, 0.3) is 0 Å². The van der Waals surface area contributed by atoms with E-state index in [-0.39, 0.29) is 15.5 Å². The Kier molecular flexibility index (Phi) is 3.82. The van der Waals surface area contributed by atoms with Crippen LogP contribution in [0.2, 0.25) is 0 Å². The van der Waals surface area contributed by atoms with Crippen molar-refractivity contribution in [1.29, 1.82) is 0 Å². The van der Waals surface area contributed by atoms with Gasteiger partial charge in [0.1, 0.15) is 9.53 Å². The van der Waals surface area contributed by atoms with Gasteiger partial charge in [-0.2, -0.15) is 0 Å². The van der Waals surface area contributed by atoms with Gasteiger partial charge in [-0.3, -0.25) is 4.79 Å². The van der Waals surface area contributed by atoms with Crippen LogP contribution in [-0.4, -0.2) is 15.5 Å². The summed E-state index contributed by atoms with van der Waals surface area (Å²) in [5, 5.41) is 0. The number of fused-ring (bicyclic) bond motifs is 2. The first-order chi connectivity index (χ1) is 7.61. The van der Waals surface area contributed by atoms with Crippen LogP contribution in [0, 0.1) is 11.8 Å². The van der Waals surface area contributed by atoms with Gasteiger partial charge in [0, 0.05) is 0 Å². The van der Waals surface area contributed by atoms with Gasteiger partial charge in [0.05, 0.1) is 0 Å². The number of carbonyl (C=O) groups excluding carboxylic acids is 1. The molecule has 4 atom stereocenters. The Bertz CT molecular complexity index is 279. The van der Waals surface area contributed by atoms with Crippen molar-refractivity contribution in [2.75, 3.05) is 0 Å². The van der Waals surface area contributed by atoms with Crippen molar-refractivity contribution in [1.82, 2.24) is 0 Å². The van der Waals surface area contributed by atoms with Crippen LogP contribution in [-0.2, 0) is 9.53 Å². The number of halogens is 1. The molecule has 0 heterocycles.